The summed E-state index contributed by atoms with van der Waals surface area (Å²) in [6, 6.07) is 9.84. The fourth-order valence-electron chi connectivity index (χ4n) is 2.98. The number of nitrogen functional groups attached to an aromatic ring is 1. The van der Waals surface area contributed by atoms with Crippen LogP contribution < -0.4 is 10.0 Å². The zero-order valence-corrected chi connectivity index (χ0v) is 13.7. The van der Waals surface area contributed by atoms with Gasteiger partial charge in [-0.1, -0.05) is 6.07 Å². The standard InChI is InChI=1S/C16H21N3O2S/c1-3-22(20,21)19-10-4-5-12-11-13(6-7-15(12)19)14-8-9-16(17)18(14)2/h6-9,11H,3-5,10,17H2,1-2H3. The van der Waals surface area contributed by atoms with E-state index in [9.17, 15) is 8.42 Å². The molecule has 1 aliphatic heterocycles. The number of sulfonamides is 1. The van der Waals surface area contributed by atoms with Crippen molar-refractivity contribution in [3.05, 3.63) is 35.9 Å². The van der Waals surface area contributed by atoms with Crippen LogP contribution in [0.1, 0.15) is 18.9 Å². The minimum absolute atomic E-state index is 0.128. The Balaban J connectivity index is 2.06. The smallest absolute Gasteiger partial charge is 0.234 e. The van der Waals surface area contributed by atoms with Gasteiger partial charge in [0.1, 0.15) is 5.82 Å². The first-order valence-corrected chi connectivity index (χ1v) is 9.10. The first-order chi connectivity index (χ1) is 10.4. The zero-order valence-electron chi connectivity index (χ0n) is 12.9. The molecule has 2 heterocycles. The Morgan fingerprint density at radius 3 is 2.64 bits per heavy atom. The van der Waals surface area contributed by atoms with E-state index in [1.54, 1.807) is 11.2 Å². The van der Waals surface area contributed by atoms with Crippen molar-refractivity contribution in [2.75, 3.05) is 22.3 Å². The predicted octanol–water partition coefficient (Wildman–Crippen LogP) is 2.38. The molecule has 0 aliphatic carbocycles. The average Bonchev–Trinajstić information content (AvgIpc) is 2.86. The maximum atomic E-state index is 12.2. The number of benzene rings is 1. The van der Waals surface area contributed by atoms with Gasteiger partial charge in [0.25, 0.3) is 0 Å². The number of fused-ring (bicyclic) bond motifs is 1. The van der Waals surface area contributed by atoms with E-state index < -0.39 is 10.0 Å². The number of anilines is 2. The summed E-state index contributed by atoms with van der Waals surface area (Å²) in [5, 5.41) is 0. The molecule has 1 aliphatic rings. The molecule has 0 unspecified atom stereocenters. The van der Waals surface area contributed by atoms with Crippen molar-refractivity contribution in [2.24, 2.45) is 7.05 Å². The number of nitrogens with two attached hydrogens (primary N) is 1. The van der Waals surface area contributed by atoms with E-state index >= 15 is 0 Å². The topological polar surface area (TPSA) is 68.3 Å². The van der Waals surface area contributed by atoms with Crippen molar-refractivity contribution in [1.82, 2.24) is 4.57 Å². The molecule has 1 aromatic heterocycles. The van der Waals surface area contributed by atoms with Crippen LogP contribution in [0.5, 0.6) is 0 Å². The fraction of sp³-hybridized carbons (Fsp3) is 0.375. The highest BCUT2D eigenvalue weighted by Gasteiger charge is 2.26. The summed E-state index contributed by atoms with van der Waals surface area (Å²) in [4.78, 5) is 0. The molecular formula is C16H21N3O2S. The Hall–Kier alpha value is -1.95. The number of hydrogen-bond acceptors (Lipinski definition) is 3. The number of aryl methyl sites for hydroxylation is 1. The summed E-state index contributed by atoms with van der Waals surface area (Å²) in [7, 11) is -1.28. The lowest BCUT2D eigenvalue weighted by Gasteiger charge is -2.30. The molecule has 3 rings (SSSR count). The number of nitrogens with zero attached hydrogens (tertiary/aromatic N) is 2. The van der Waals surface area contributed by atoms with Gasteiger partial charge in [-0.25, -0.2) is 8.42 Å². The third-order valence-corrected chi connectivity index (χ3v) is 6.09. The fourth-order valence-corrected chi connectivity index (χ4v) is 4.18. The van der Waals surface area contributed by atoms with Gasteiger partial charge in [0.2, 0.25) is 10.0 Å². The molecule has 0 atom stereocenters. The van der Waals surface area contributed by atoms with Crippen molar-refractivity contribution in [2.45, 2.75) is 19.8 Å². The molecule has 1 aromatic carbocycles. The summed E-state index contributed by atoms with van der Waals surface area (Å²) in [6.45, 7) is 2.25. The van der Waals surface area contributed by atoms with Gasteiger partial charge in [-0.05, 0) is 55.2 Å². The molecule has 0 saturated heterocycles. The average molecular weight is 319 g/mol. The van der Waals surface area contributed by atoms with Crippen LogP contribution in [0.15, 0.2) is 30.3 Å². The van der Waals surface area contributed by atoms with Crippen LogP contribution in [-0.4, -0.2) is 25.3 Å². The second-order valence-electron chi connectivity index (χ2n) is 5.62. The van der Waals surface area contributed by atoms with E-state index in [0.717, 1.165) is 35.3 Å². The maximum absolute atomic E-state index is 12.2. The number of aromatic nitrogens is 1. The van der Waals surface area contributed by atoms with Gasteiger partial charge < -0.3 is 10.3 Å². The number of hydrogen-bond donors (Lipinski definition) is 1. The SMILES string of the molecule is CCS(=O)(=O)N1CCCc2cc(-c3ccc(N)n3C)ccc21. The lowest BCUT2D eigenvalue weighted by Crippen LogP contribution is -2.36. The summed E-state index contributed by atoms with van der Waals surface area (Å²) in [5.41, 5.74) is 9.89. The summed E-state index contributed by atoms with van der Waals surface area (Å²) < 4.78 is 28.0. The van der Waals surface area contributed by atoms with Crippen molar-refractivity contribution in [1.29, 1.82) is 0 Å². The largest absolute Gasteiger partial charge is 0.385 e. The maximum Gasteiger partial charge on any atom is 0.234 e. The van der Waals surface area contributed by atoms with Gasteiger partial charge >= 0.3 is 0 Å². The van der Waals surface area contributed by atoms with E-state index in [1.165, 1.54) is 0 Å². The summed E-state index contributed by atoms with van der Waals surface area (Å²) in [5.74, 6) is 0.839. The van der Waals surface area contributed by atoms with E-state index in [0.29, 0.717) is 12.4 Å². The van der Waals surface area contributed by atoms with Gasteiger partial charge in [-0.2, -0.15) is 0 Å². The monoisotopic (exact) mass is 319 g/mol. The van der Waals surface area contributed by atoms with Gasteiger partial charge in [-0.15, -0.1) is 0 Å². The highest BCUT2D eigenvalue weighted by molar-refractivity contribution is 7.92. The lowest BCUT2D eigenvalue weighted by atomic mass is 9.99. The van der Waals surface area contributed by atoms with Crippen molar-refractivity contribution >= 4 is 21.5 Å². The highest BCUT2D eigenvalue weighted by atomic mass is 32.2. The minimum atomic E-state index is -3.21. The van der Waals surface area contributed by atoms with Crippen LogP contribution in [0, 0.1) is 0 Å². The Labute approximate surface area is 131 Å². The van der Waals surface area contributed by atoms with Crippen LogP contribution in [0.25, 0.3) is 11.3 Å². The van der Waals surface area contributed by atoms with E-state index in [4.69, 9.17) is 5.73 Å². The molecule has 0 bridgehead atoms. The van der Waals surface area contributed by atoms with Gasteiger partial charge in [-0.3, -0.25) is 4.31 Å². The number of rotatable bonds is 3. The van der Waals surface area contributed by atoms with E-state index in [2.05, 4.69) is 6.07 Å². The summed E-state index contributed by atoms with van der Waals surface area (Å²) >= 11 is 0. The molecule has 2 aromatic rings. The third kappa shape index (κ3) is 2.37. The quantitative estimate of drug-likeness (QED) is 0.944. The van der Waals surface area contributed by atoms with Crippen molar-refractivity contribution in [3.8, 4) is 11.3 Å². The highest BCUT2D eigenvalue weighted by Crippen LogP contribution is 2.33. The minimum Gasteiger partial charge on any atom is -0.385 e. The lowest BCUT2D eigenvalue weighted by molar-refractivity contribution is 0.588. The van der Waals surface area contributed by atoms with Gasteiger partial charge in [0, 0.05) is 19.3 Å². The predicted molar refractivity (Wildman–Crippen MR) is 90.4 cm³/mol. The Morgan fingerprint density at radius 1 is 1.23 bits per heavy atom. The molecule has 2 N–H and O–H groups in total. The molecular weight excluding hydrogens is 298 g/mol. The van der Waals surface area contributed by atoms with Crippen molar-refractivity contribution in [3.63, 3.8) is 0 Å². The molecule has 118 valence electrons. The van der Waals surface area contributed by atoms with Crippen LogP contribution in [0.4, 0.5) is 11.5 Å². The Bertz CT molecular complexity index is 809. The van der Waals surface area contributed by atoms with Crippen LogP contribution in [0.2, 0.25) is 0 Å². The normalized spacial score (nSPS) is 14.9. The molecule has 0 radical (unpaired) electrons. The first kappa shape index (κ1) is 15.0. The molecule has 0 saturated carbocycles. The molecule has 6 heteroatoms. The molecule has 5 nitrogen and oxygen atoms in total. The molecule has 22 heavy (non-hydrogen) atoms. The van der Waals surface area contributed by atoms with Crippen LogP contribution in [0.3, 0.4) is 0 Å². The summed E-state index contributed by atoms with van der Waals surface area (Å²) in [6.07, 6.45) is 1.75. The third-order valence-electron chi connectivity index (χ3n) is 4.31. The Kier molecular flexibility index (Phi) is 3.64. The van der Waals surface area contributed by atoms with Gasteiger partial charge in [0.15, 0.2) is 0 Å². The first-order valence-electron chi connectivity index (χ1n) is 7.49. The molecule has 0 amide bonds. The molecule has 0 fully saturated rings. The zero-order chi connectivity index (χ0) is 15.9. The molecule has 0 spiro atoms. The van der Waals surface area contributed by atoms with E-state index in [1.807, 2.05) is 35.9 Å². The van der Waals surface area contributed by atoms with E-state index in [-0.39, 0.29) is 5.75 Å². The Morgan fingerprint density at radius 2 is 2.00 bits per heavy atom. The van der Waals surface area contributed by atoms with Crippen molar-refractivity contribution < 1.29 is 8.42 Å². The second-order valence-corrected chi connectivity index (χ2v) is 7.80. The van der Waals surface area contributed by atoms with Crippen LogP contribution >= 0.6 is 0 Å². The van der Waals surface area contributed by atoms with Crippen LogP contribution in [-0.2, 0) is 23.5 Å². The van der Waals surface area contributed by atoms with Gasteiger partial charge in [0.05, 0.1) is 11.4 Å². The second kappa shape index (κ2) is 5.35.